The smallest absolute Gasteiger partial charge is 0.330 e. The Morgan fingerprint density at radius 2 is 1.85 bits per heavy atom. The first-order valence-electron chi connectivity index (χ1n) is 7.45. The van der Waals surface area contributed by atoms with Crippen molar-refractivity contribution in [2.75, 3.05) is 13.2 Å². The number of benzene rings is 1. The van der Waals surface area contributed by atoms with E-state index in [-0.39, 0.29) is 5.97 Å². The van der Waals surface area contributed by atoms with Crippen LogP contribution in [-0.2, 0) is 21.5 Å². The number of esters is 1. The number of nitrogens with one attached hydrogen (secondary N) is 1. The average molecular weight is 277 g/mol. The summed E-state index contributed by atoms with van der Waals surface area (Å²) in [5.41, 5.74) is 1.43. The standard InChI is InChI=1S/C17H27NO2/c1-6-14-8-10-15(11-9-14)17(5,16(19)20-7-2)18-12-13(3)4/h8-11,13,18H,6-7,12H2,1-5H3. The van der Waals surface area contributed by atoms with Crippen LogP contribution in [-0.4, -0.2) is 19.1 Å². The van der Waals surface area contributed by atoms with Crippen molar-refractivity contribution in [1.29, 1.82) is 0 Å². The van der Waals surface area contributed by atoms with Crippen LogP contribution in [0, 0.1) is 5.92 Å². The Bertz CT molecular complexity index is 425. The Balaban J connectivity index is 3.03. The van der Waals surface area contributed by atoms with Crippen molar-refractivity contribution in [3.05, 3.63) is 35.4 Å². The Labute approximate surface area is 122 Å². The zero-order valence-electron chi connectivity index (χ0n) is 13.3. The fourth-order valence-electron chi connectivity index (χ4n) is 2.05. The number of aryl methyl sites for hydroxylation is 1. The van der Waals surface area contributed by atoms with Crippen LogP contribution in [0.1, 0.15) is 45.7 Å². The van der Waals surface area contributed by atoms with E-state index in [0.29, 0.717) is 12.5 Å². The predicted octanol–water partition coefficient (Wildman–Crippen LogP) is 3.27. The second-order valence-electron chi connectivity index (χ2n) is 5.67. The van der Waals surface area contributed by atoms with E-state index in [9.17, 15) is 4.79 Å². The molecule has 0 aliphatic heterocycles. The van der Waals surface area contributed by atoms with Gasteiger partial charge in [-0.05, 0) is 43.9 Å². The lowest BCUT2D eigenvalue weighted by molar-refractivity contribution is -0.151. The molecule has 112 valence electrons. The lowest BCUT2D eigenvalue weighted by Crippen LogP contribution is -2.49. The summed E-state index contributed by atoms with van der Waals surface area (Å²) in [6, 6.07) is 8.18. The number of hydrogen-bond acceptors (Lipinski definition) is 3. The first-order chi connectivity index (χ1) is 9.43. The minimum Gasteiger partial charge on any atom is -0.464 e. The molecule has 1 aromatic carbocycles. The van der Waals surface area contributed by atoms with Gasteiger partial charge in [-0.25, -0.2) is 4.79 Å². The van der Waals surface area contributed by atoms with Crippen LogP contribution in [0.2, 0.25) is 0 Å². The minimum atomic E-state index is -0.785. The normalized spacial score (nSPS) is 14.1. The van der Waals surface area contributed by atoms with E-state index in [2.05, 4.69) is 38.2 Å². The summed E-state index contributed by atoms with van der Waals surface area (Å²) >= 11 is 0. The van der Waals surface area contributed by atoms with Gasteiger partial charge in [0.25, 0.3) is 0 Å². The molecule has 0 aromatic heterocycles. The molecule has 3 nitrogen and oxygen atoms in total. The van der Waals surface area contributed by atoms with Gasteiger partial charge < -0.3 is 4.74 Å². The number of ether oxygens (including phenoxy) is 1. The second kappa shape index (κ2) is 7.44. The largest absolute Gasteiger partial charge is 0.464 e. The van der Waals surface area contributed by atoms with E-state index < -0.39 is 5.54 Å². The molecule has 0 radical (unpaired) electrons. The highest BCUT2D eigenvalue weighted by Crippen LogP contribution is 2.23. The average Bonchev–Trinajstić information content (AvgIpc) is 2.45. The first-order valence-corrected chi connectivity index (χ1v) is 7.45. The summed E-state index contributed by atoms with van der Waals surface area (Å²) < 4.78 is 5.25. The van der Waals surface area contributed by atoms with Crippen LogP contribution in [0.3, 0.4) is 0 Å². The van der Waals surface area contributed by atoms with Gasteiger partial charge in [0.05, 0.1) is 6.61 Å². The van der Waals surface area contributed by atoms with Crippen molar-refractivity contribution in [3.8, 4) is 0 Å². The van der Waals surface area contributed by atoms with E-state index in [1.165, 1.54) is 5.56 Å². The number of hydrogen-bond donors (Lipinski definition) is 1. The number of rotatable bonds is 7. The van der Waals surface area contributed by atoms with Crippen LogP contribution >= 0.6 is 0 Å². The number of carbonyl (C=O) groups is 1. The van der Waals surface area contributed by atoms with Crippen LogP contribution < -0.4 is 5.32 Å². The quantitative estimate of drug-likeness (QED) is 0.777. The Morgan fingerprint density at radius 1 is 1.25 bits per heavy atom. The Kier molecular flexibility index (Phi) is 6.21. The number of carbonyl (C=O) groups excluding carboxylic acids is 1. The lowest BCUT2D eigenvalue weighted by Gasteiger charge is -2.30. The molecule has 0 amide bonds. The maximum absolute atomic E-state index is 12.3. The maximum atomic E-state index is 12.3. The van der Waals surface area contributed by atoms with Crippen molar-refractivity contribution >= 4 is 5.97 Å². The van der Waals surface area contributed by atoms with E-state index in [4.69, 9.17) is 4.74 Å². The third-order valence-electron chi connectivity index (χ3n) is 3.49. The molecule has 1 rings (SSSR count). The van der Waals surface area contributed by atoms with Gasteiger partial charge in [0.1, 0.15) is 5.54 Å². The summed E-state index contributed by atoms with van der Waals surface area (Å²) in [4.78, 5) is 12.3. The summed E-state index contributed by atoms with van der Waals surface area (Å²) in [7, 11) is 0. The monoisotopic (exact) mass is 277 g/mol. The first kappa shape index (κ1) is 16.7. The maximum Gasteiger partial charge on any atom is 0.330 e. The van der Waals surface area contributed by atoms with Gasteiger partial charge in [0.15, 0.2) is 0 Å². The van der Waals surface area contributed by atoms with Crippen LogP contribution in [0.4, 0.5) is 0 Å². The van der Waals surface area contributed by atoms with E-state index in [1.54, 1.807) is 0 Å². The second-order valence-corrected chi connectivity index (χ2v) is 5.67. The molecule has 0 saturated heterocycles. The molecule has 0 fully saturated rings. The lowest BCUT2D eigenvalue weighted by atomic mass is 9.90. The fourth-order valence-corrected chi connectivity index (χ4v) is 2.05. The Hall–Kier alpha value is -1.35. The summed E-state index contributed by atoms with van der Waals surface area (Å²) in [5.74, 6) is 0.253. The highest BCUT2D eigenvalue weighted by molar-refractivity contribution is 5.82. The third kappa shape index (κ3) is 4.07. The molecular weight excluding hydrogens is 250 g/mol. The molecule has 0 saturated carbocycles. The van der Waals surface area contributed by atoms with Gasteiger partial charge >= 0.3 is 5.97 Å². The van der Waals surface area contributed by atoms with E-state index in [0.717, 1.165) is 18.5 Å². The molecule has 1 aromatic rings. The summed E-state index contributed by atoms with van der Waals surface area (Å²) in [6.45, 7) is 11.3. The van der Waals surface area contributed by atoms with Crippen LogP contribution in [0.25, 0.3) is 0 Å². The minimum absolute atomic E-state index is 0.218. The van der Waals surface area contributed by atoms with Gasteiger partial charge in [-0.15, -0.1) is 0 Å². The SMILES string of the molecule is CCOC(=O)C(C)(NCC(C)C)c1ccc(CC)cc1. The molecule has 0 aliphatic rings. The highest BCUT2D eigenvalue weighted by Gasteiger charge is 2.36. The van der Waals surface area contributed by atoms with Crippen molar-refractivity contribution in [1.82, 2.24) is 5.32 Å². The molecule has 0 heterocycles. The zero-order valence-corrected chi connectivity index (χ0v) is 13.3. The molecule has 3 heteroatoms. The molecular formula is C17H27NO2. The van der Waals surface area contributed by atoms with Gasteiger partial charge in [-0.3, -0.25) is 5.32 Å². The van der Waals surface area contributed by atoms with Gasteiger partial charge in [-0.2, -0.15) is 0 Å². The van der Waals surface area contributed by atoms with E-state index in [1.807, 2.05) is 26.0 Å². The van der Waals surface area contributed by atoms with Gasteiger partial charge in [0, 0.05) is 0 Å². The van der Waals surface area contributed by atoms with Crippen LogP contribution in [0.5, 0.6) is 0 Å². The third-order valence-corrected chi connectivity index (χ3v) is 3.49. The molecule has 1 N–H and O–H groups in total. The molecule has 1 unspecified atom stereocenters. The van der Waals surface area contributed by atoms with Gasteiger partial charge in [-0.1, -0.05) is 45.0 Å². The summed E-state index contributed by atoms with van der Waals surface area (Å²) in [6.07, 6.45) is 0.996. The topological polar surface area (TPSA) is 38.3 Å². The highest BCUT2D eigenvalue weighted by atomic mass is 16.5. The molecule has 0 aliphatic carbocycles. The molecule has 0 spiro atoms. The van der Waals surface area contributed by atoms with E-state index >= 15 is 0 Å². The fraction of sp³-hybridized carbons (Fsp3) is 0.588. The van der Waals surface area contributed by atoms with Crippen molar-refractivity contribution in [2.45, 2.75) is 46.6 Å². The summed E-state index contributed by atoms with van der Waals surface area (Å²) in [5, 5.41) is 3.36. The molecule has 1 atom stereocenters. The van der Waals surface area contributed by atoms with Crippen molar-refractivity contribution in [3.63, 3.8) is 0 Å². The molecule has 0 bridgehead atoms. The van der Waals surface area contributed by atoms with Crippen LogP contribution in [0.15, 0.2) is 24.3 Å². The zero-order chi connectivity index (χ0) is 15.2. The van der Waals surface area contributed by atoms with Crippen molar-refractivity contribution in [2.24, 2.45) is 5.92 Å². The molecule has 20 heavy (non-hydrogen) atoms. The Morgan fingerprint density at radius 3 is 2.30 bits per heavy atom. The van der Waals surface area contributed by atoms with Gasteiger partial charge in [0.2, 0.25) is 0 Å². The predicted molar refractivity (Wildman–Crippen MR) is 82.6 cm³/mol. The van der Waals surface area contributed by atoms with Crippen molar-refractivity contribution < 1.29 is 9.53 Å².